The van der Waals surface area contributed by atoms with Gasteiger partial charge in [0.1, 0.15) is 12.4 Å². The molecule has 1 saturated heterocycles. The van der Waals surface area contributed by atoms with Crippen LogP contribution < -0.4 is 10.1 Å². The highest BCUT2D eigenvalue weighted by atomic mass is 16.5. The van der Waals surface area contributed by atoms with Crippen LogP contribution in [-0.2, 0) is 28.9 Å². The van der Waals surface area contributed by atoms with E-state index in [4.69, 9.17) is 9.47 Å². The number of amides is 1. The van der Waals surface area contributed by atoms with E-state index in [1.807, 2.05) is 18.2 Å². The molecule has 0 bridgehead atoms. The van der Waals surface area contributed by atoms with Crippen molar-refractivity contribution in [2.45, 2.75) is 51.1 Å². The first kappa shape index (κ1) is 22.7. The van der Waals surface area contributed by atoms with Crippen LogP contribution in [0.15, 0.2) is 36.5 Å². The average Bonchev–Trinajstić information content (AvgIpc) is 2.83. The molecule has 1 aromatic carbocycles. The molecule has 6 nitrogen and oxygen atoms in total. The maximum atomic E-state index is 12.4. The van der Waals surface area contributed by atoms with Crippen molar-refractivity contribution in [3.8, 4) is 5.75 Å². The van der Waals surface area contributed by atoms with Gasteiger partial charge in [0, 0.05) is 32.0 Å². The zero-order chi connectivity index (χ0) is 22.3. The van der Waals surface area contributed by atoms with Crippen LogP contribution in [-0.4, -0.2) is 49.7 Å². The lowest BCUT2D eigenvalue weighted by Gasteiger charge is -2.37. The minimum absolute atomic E-state index is 0.0616. The number of piperidine rings is 1. The van der Waals surface area contributed by atoms with Gasteiger partial charge in [0.2, 0.25) is 5.91 Å². The number of aryl methyl sites for hydroxylation is 2. The van der Waals surface area contributed by atoms with Crippen LogP contribution in [0.4, 0.5) is 0 Å². The third kappa shape index (κ3) is 5.48. The second kappa shape index (κ2) is 10.9. The largest absolute Gasteiger partial charge is 0.496 e. The van der Waals surface area contributed by atoms with Crippen LogP contribution in [0.5, 0.6) is 5.75 Å². The van der Waals surface area contributed by atoms with E-state index in [2.05, 4.69) is 27.3 Å². The van der Waals surface area contributed by atoms with Crippen molar-refractivity contribution in [3.05, 3.63) is 58.9 Å². The van der Waals surface area contributed by atoms with Gasteiger partial charge in [-0.2, -0.15) is 0 Å². The van der Waals surface area contributed by atoms with Crippen LogP contribution in [0, 0.1) is 5.92 Å². The van der Waals surface area contributed by atoms with Gasteiger partial charge in [-0.1, -0.05) is 12.1 Å². The Hall–Kier alpha value is -2.44. The van der Waals surface area contributed by atoms with Gasteiger partial charge in [-0.15, -0.1) is 0 Å². The van der Waals surface area contributed by atoms with E-state index in [0.29, 0.717) is 5.92 Å². The zero-order valence-electron chi connectivity index (χ0n) is 19.3. The number of hydrogen-bond acceptors (Lipinski definition) is 5. The van der Waals surface area contributed by atoms with E-state index in [1.165, 1.54) is 36.0 Å². The lowest BCUT2D eigenvalue weighted by molar-refractivity contribution is -0.126. The summed E-state index contributed by atoms with van der Waals surface area (Å²) in [5.74, 6) is 1.20. The van der Waals surface area contributed by atoms with Gasteiger partial charge in [-0.25, -0.2) is 0 Å². The Morgan fingerprint density at radius 1 is 1.19 bits per heavy atom. The third-order valence-corrected chi connectivity index (χ3v) is 6.75. The highest BCUT2D eigenvalue weighted by molar-refractivity contribution is 5.77. The number of carbonyl (C=O) groups excluding carboxylic acids is 1. The molecule has 0 unspecified atom stereocenters. The number of pyridine rings is 1. The molecule has 0 radical (unpaired) electrons. The number of aromatic nitrogens is 1. The molecule has 2 aliphatic rings. The summed E-state index contributed by atoms with van der Waals surface area (Å²) in [5, 5.41) is 3.17. The number of nitrogens with one attached hydrogen (secondary N) is 1. The molecule has 2 aromatic rings. The number of benzene rings is 1. The summed E-state index contributed by atoms with van der Waals surface area (Å²) in [6.07, 6.45) is 8.83. The number of rotatable bonds is 8. The molecule has 1 N–H and O–H groups in total. The number of likely N-dealkylation sites (tertiary alicyclic amines) is 1. The first-order chi connectivity index (χ1) is 15.7. The van der Waals surface area contributed by atoms with E-state index in [0.717, 1.165) is 50.3 Å². The van der Waals surface area contributed by atoms with Gasteiger partial charge in [0.25, 0.3) is 0 Å². The summed E-state index contributed by atoms with van der Waals surface area (Å²) in [4.78, 5) is 19.4. The number of carbonyl (C=O) groups is 1. The standard InChI is InChI=1S/C26H35N3O3/c1-31-18-25(30)28-26(23-11-5-6-12-27-23)21-10-7-13-29(16-21)17-22-14-19-8-3-4-9-20(19)15-24(22)32-2/h5-6,11-12,14-15,21,26H,3-4,7-10,13,16-18H2,1-2H3,(H,28,30)/t21-,26-/m1/s1. The quantitative estimate of drug-likeness (QED) is 0.683. The molecule has 0 spiro atoms. The maximum absolute atomic E-state index is 12.4. The fourth-order valence-corrected chi connectivity index (χ4v) is 5.22. The van der Waals surface area contributed by atoms with Gasteiger partial charge in [0.05, 0.1) is 18.8 Å². The molecule has 6 heteroatoms. The van der Waals surface area contributed by atoms with Crippen LogP contribution in [0.2, 0.25) is 0 Å². The predicted molar refractivity (Wildman–Crippen MR) is 125 cm³/mol. The highest BCUT2D eigenvalue weighted by Gasteiger charge is 2.31. The van der Waals surface area contributed by atoms with Gasteiger partial charge in [-0.05, 0) is 80.3 Å². The molecule has 1 fully saturated rings. The molecule has 1 aliphatic heterocycles. The Balaban J connectivity index is 1.51. The smallest absolute Gasteiger partial charge is 0.246 e. The normalized spacial score (nSPS) is 19.8. The molecule has 1 aliphatic carbocycles. The fraction of sp³-hybridized carbons (Fsp3) is 0.538. The molecule has 0 saturated carbocycles. The van der Waals surface area contributed by atoms with Crippen molar-refractivity contribution >= 4 is 5.91 Å². The number of fused-ring (bicyclic) bond motifs is 1. The number of hydrogen-bond donors (Lipinski definition) is 1. The molecule has 172 valence electrons. The van der Waals surface area contributed by atoms with Crippen molar-refractivity contribution < 1.29 is 14.3 Å². The van der Waals surface area contributed by atoms with Crippen LogP contribution in [0.3, 0.4) is 0 Å². The Labute approximate surface area is 191 Å². The molecule has 32 heavy (non-hydrogen) atoms. The first-order valence-electron chi connectivity index (χ1n) is 11.8. The van der Waals surface area contributed by atoms with E-state index in [9.17, 15) is 4.79 Å². The maximum Gasteiger partial charge on any atom is 0.246 e. The first-order valence-corrected chi connectivity index (χ1v) is 11.8. The lowest BCUT2D eigenvalue weighted by atomic mass is 9.87. The third-order valence-electron chi connectivity index (χ3n) is 6.75. The molecule has 4 rings (SSSR count). The number of methoxy groups -OCH3 is 2. The lowest BCUT2D eigenvalue weighted by Crippen LogP contribution is -2.43. The van der Waals surface area contributed by atoms with Gasteiger partial charge in [-0.3, -0.25) is 14.7 Å². The minimum Gasteiger partial charge on any atom is -0.496 e. The van der Waals surface area contributed by atoms with Crippen LogP contribution in [0.25, 0.3) is 0 Å². The SMILES string of the molecule is COCC(=O)N[C@@H](c1ccccn1)[C@@H]1CCCN(Cc2cc3c(cc2OC)CCCC3)C1. The molecular weight excluding hydrogens is 402 g/mol. The second-order valence-electron chi connectivity index (χ2n) is 9.01. The Morgan fingerprint density at radius 3 is 2.72 bits per heavy atom. The Bertz CT molecular complexity index is 903. The van der Waals surface area contributed by atoms with Gasteiger partial charge >= 0.3 is 0 Å². The second-order valence-corrected chi connectivity index (χ2v) is 9.01. The molecule has 1 amide bonds. The summed E-state index contributed by atoms with van der Waals surface area (Å²) in [7, 11) is 3.32. The summed E-state index contributed by atoms with van der Waals surface area (Å²) < 4.78 is 10.8. The van der Waals surface area contributed by atoms with E-state index in [1.54, 1.807) is 20.4 Å². The summed E-state index contributed by atoms with van der Waals surface area (Å²) in [5.41, 5.74) is 5.12. The summed E-state index contributed by atoms with van der Waals surface area (Å²) in [6.45, 7) is 2.90. The van der Waals surface area contributed by atoms with Crippen LogP contribution >= 0.6 is 0 Å². The predicted octanol–water partition coefficient (Wildman–Crippen LogP) is 3.68. The van der Waals surface area contributed by atoms with Crippen LogP contribution in [0.1, 0.15) is 54.1 Å². The zero-order valence-corrected chi connectivity index (χ0v) is 19.3. The Kier molecular flexibility index (Phi) is 7.76. The summed E-state index contributed by atoms with van der Waals surface area (Å²) >= 11 is 0. The molecule has 1 aromatic heterocycles. The summed E-state index contributed by atoms with van der Waals surface area (Å²) in [6, 6.07) is 10.4. The van der Waals surface area contributed by atoms with Crippen molar-refractivity contribution in [1.82, 2.24) is 15.2 Å². The van der Waals surface area contributed by atoms with E-state index >= 15 is 0 Å². The van der Waals surface area contributed by atoms with Crippen molar-refractivity contribution in [3.63, 3.8) is 0 Å². The fourth-order valence-electron chi connectivity index (χ4n) is 5.22. The highest BCUT2D eigenvalue weighted by Crippen LogP contribution is 2.33. The molecule has 2 atom stereocenters. The van der Waals surface area contributed by atoms with Gasteiger partial charge in [0.15, 0.2) is 0 Å². The van der Waals surface area contributed by atoms with E-state index < -0.39 is 0 Å². The Morgan fingerprint density at radius 2 is 2.00 bits per heavy atom. The van der Waals surface area contributed by atoms with Crippen molar-refractivity contribution in [2.24, 2.45) is 5.92 Å². The monoisotopic (exact) mass is 437 g/mol. The molecule has 2 heterocycles. The average molecular weight is 438 g/mol. The number of ether oxygens (including phenoxy) is 2. The van der Waals surface area contributed by atoms with E-state index in [-0.39, 0.29) is 18.6 Å². The topological polar surface area (TPSA) is 63.7 Å². The number of nitrogens with zero attached hydrogens (tertiary/aromatic N) is 2. The molecular formula is C26H35N3O3. The van der Waals surface area contributed by atoms with Crippen molar-refractivity contribution in [1.29, 1.82) is 0 Å². The minimum atomic E-state index is -0.118. The van der Waals surface area contributed by atoms with Gasteiger partial charge < -0.3 is 14.8 Å². The van der Waals surface area contributed by atoms with Crippen molar-refractivity contribution in [2.75, 3.05) is 33.9 Å².